The van der Waals surface area contributed by atoms with E-state index in [9.17, 15) is 9.59 Å². The summed E-state index contributed by atoms with van der Waals surface area (Å²) < 4.78 is 0. The van der Waals surface area contributed by atoms with Crippen LogP contribution in [0.5, 0.6) is 0 Å². The molecule has 0 saturated heterocycles. The first-order valence-corrected chi connectivity index (χ1v) is 6.59. The topological polar surface area (TPSA) is 53.0 Å². The maximum absolute atomic E-state index is 11.7. The molecule has 0 aromatic heterocycles. The van der Waals surface area contributed by atoms with Crippen molar-refractivity contribution in [3.05, 3.63) is 28.8 Å². The first-order valence-electron chi connectivity index (χ1n) is 6.21. The summed E-state index contributed by atoms with van der Waals surface area (Å²) >= 11 is 6.01. The van der Waals surface area contributed by atoms with Crippen molar-refractivity contribution in [1.82, 2.24) is 4.90 Å². The second kappa shape index (κ2) is 5.63. The lowest BCUT2D eigenvalue weighted by Gasteiger charge is -2.16. The largest absolute Gasteiger partial charge is 0.358 e. The van der Waals surface area contributed by atoms with Crippen LogP contribution in [-0.2, 0) is 4.79 Å². The number of urea groups is 1. The average Bonchev–Trinajstić information content (AvgIpc) is 2.66. The molecule has 0 saturated carbocycles. The van der Waals surface area contributed by atoms with Gasteiger partial charge in [0, 0.05) is 30.4 Å². The van der Waals surface area contributed by atoms with Crippen LogP contribution >= 0.6 is 11.6 Å². The van der Waals surface area contributed by atoms with Crippen molar-refractivity contribution in [3.8, 4) is 0 Å². The third-order valence-electron chi connectivity index (χ3n) is 2.98. The van der Waals surface area contributed by atoms with Crippen LogP contribution in [0.15, 0.2) is 23.2 Å². The second-order valence-electron chi connectivity index (χ2n) is 4.96. The molecule has 1 aromatic rings. The van der Waals surface area contributed by atoms with Gasteiger partial charge in [-0.25, -0.2) is 4.79 Å². The highest BCUT2D eigenvalue weighted by molar-refractivity contribution is 6.31. The standard InChI is InChI=1S/C14H16ClN3O2/c1-9(19)7-18-8-12(16-14(20)17(2)3)11-6-10(15)4-5-13(11)18/h4-6H,7-8H2,1-3H3. The van der Waals surface area contributed by atoms with Gasteiger partial charge >= 0.3 is 6.03 Å². The number of rotatable bonds is 2. The molecule has 6 heteroatoms. The molecule has 1 aliphatic heterocycles. The zero-order chi connectivity index (χ0) is 14.9. The quantitative estimate of drug-likeness (QED) is 0.840. The Hall–Kier alpha value is -1.88. The summed E-state index contributed by atoms with van der Waals surface area (Å²) in [5.41, 5.74) is 2.34. The number of fused-ring (bicyclic) bond motifs is 1. The smallest absolute Gasteiger partial charge is 0.343 e. The number of anilines is 1. The Bertz CT molecular complexity index is 596. The van der Waals surface area contributed by atoms with E-state index < -0.39 is 0 Å². The SMILES string of the molecule is CC(=O)CN1CC(=NC(=O)N(C)C)c2cc(Cl)ccc21. The number of amides is 2. The number of aliphatic imine (C=N–C) groups is 1. The molecule has 0 N–H and O–H groups in total. The number of hydrogen-bond acceptors (Lipinski definition) is 3. The summed E-state index contributed by atoms with van der Waals surface area (Å²) in [5.74, 6) is 0.0612. The Morgan fingerprint density at radius 1 is 1.40 bits per heavy atom. The highest BCUT2D eigenvalue weighted by Crippen LogP contribution is 2.30. The van der Waals surface area contributed by atoms with Gasteiger partial charge in [0.05, 0.1) is 18.8 Å². The van der Waals surface area contributed by atoms with Gasteiger partial charge < -0.3 is 9.80 Å². The first-order chi connectivity index (χ1) is 9.38. The molecule has 106 valence electrons. The summed E-state index contributed by atoms with van der Waals surface area (Å²) in [6, 6.07) is 5.07. The van der Waals surface area contributed by atoms with Crippen LogP contribution in [0.3, 0.4) is 0 Å². The monoisotopic (exact) mass is 293 g/mol. The predicted octanol–water partition coefficient (Wildman–Crippen LogP) is 2.22. The van der Waals surface area contributed by atoms with Crippen molar-refractivity contribution >= 4 is 34.8 Å². The van der Waals surface area contributed by atoms with E-state index in [1.807, 2.05) is 11.0 Å². The van der Waals surface area contributed by atoms with Crippen molar-refractivity contribution in [2.45, 2.75) is 6.92 Å². The molecule has 1 aliphatic rings. The van der Waals surface area contributed by atoms with Gasteiger partial charge in [0.15, 0.2) is 0 Å². The molecule has 0 aliphatic carbocycles. The van der Waals surface area contributed by atoms with E-state index in [1.54, 1.807) is 26.2 Å². The number of halogens is 1. The van der Waals surface area contributed by atoms with Crippen molar-refractivity contribution < 1.29 is 9.59 Å². The van der Waals surface area contributed by atoms with E-state index in [1.165, 1.54) is 11.8 Å². The maximum Gasteiger partial charge on any atom is 0.343 e. The summed E-state index contributed by atoms with van der Waals surface area (Å²) in [4.78, 5) is 30.5. The molecule has 2 amide bonds. The van der Waals surface area contributed by atoms with Crippen LogP contribution in [0, 0.1) is 0 Å². The maximum atomic E-state index is 11.7. The summed E-state index contributed by atoms with van der Waals surface area (Å²) in [7, 11) is 3.29. The molecule has 1 heterocycles. The van der Waals surface area contributed by atoms with Gasteiger partial charge in [-0.15, -0.1) is 0 Å². The Labute approximate surface area is 122 Å². The minimum Gasteiger partial charge on any atom is -0.358 e. The van der Waals surface area contributed by atoms with E-state index in [4.69, 9.17) is 11.6 Å². The molecule has 1 aromatic carbocycles. The number of hydrogen-bond donors (Lipinski definition) is 0. The van der Waals surface area contributed by atoms with Crippen molar-refractivity contribution in [2.75, 3.05) is 32.1 Å². The zero-order valence-corrected chi connectivity index (χ0v) is 12.4. The van der Waals surface area contributed by atoms with Crippen molar-refractivity contribution in [3.63, 3.8) is 0 Å². The Morgan fingerprint density at radius 3 is 2.70 bits per heavy atom. The molecular formula is C14H16ClN3O2. The third-order valence-corrected chi connectivity index (χ3v) is 3.21. The first kappa shape index (κ1) is 14.5. The van der Waals surface area contributed by atoms with E-state index in [-0.39, 0.29) is 11.8 Å². The minimum atomic E-state index is -0.324. The van der Waals surface area contributed by atoms with E-state index in [0.717, 1.165) is 11.3 Å². The number of ketones is 1. The molecule has 0 spiro atoms. The number of benzene rings is 1. The molecule has 2 rings (SSSR count). The van der Waals surface area contributed by atoms with Gasteiger partial charge in [-0.2, -0.15) is 4.99 Å². The lowest BCUT2D eigenvalue weighted by atomic mass is 10.1. The lowest BCUT2D eigenvalue weighted by molar-refractivity contribution is -0.115. The molecule has 5 nitrogen and oxygen atoms in total. The molecule has 0 unspecified atom stereocenters. The normalized spacial score (nSPS) is 15.4. The van der Waals surface area contributed by atoms with Crippen molar-refractivity contribution in [1.29, 1.82) is 0 Å². The van der Waals surface area contributed by atoms with E-state index in [2.05, 4.69) is 4.99 Å². The molecule has 0 bridgehead atoms. The van der Waals surface area contributed by atoms with Crippen molar-refractivity contribution in [2.24, 2.45) is 4.99 Å². The Kier molecular flexibility index (Phi) is 4.09. The highest BCUT2D eigenvalue weighted by atomic mass is 35.5. The van der Waals surface area contributed by atoms with Crippen LogP contribution in [0.25, 0.3) is 0 Å². The third kappa shape index (κ3) is 2.99. The molecule has 0 atom stereocenters. The Morgan fingerprint density at radius 2 is 2.10 bits per heavy atom. The van der Waals surface area contributed by atoms with Gasteiger partial charge in [0.25, 0.3) is 0 Å². The van der Waals surface area contributed by atoms with Gasteiger partial charge in [0.2, 0.25) is 0 Å². The highest BCUT2D eigenvalue weighted by Gasteiger charge is 2.26. The molecule has 0 radical (unpaired) electrons. The lowest BCUT2D eigenvalue weighted by Crippen LogP contribution is -2.29. The minimum absolute atomic E-state index is 0.0612. The summed E-state index contributed by atoms with van der Waals surface area (Å²) in [6.45, 7) is 2.27. The fraction of sp³-hybridized carbons (Fsp3) is 0.357. The fourth-order valence-electron chi connectivity index (χ4n) is 2.09. The van der Waals surface area contributed by atoms with Crippen LogP contribution in [0.1, 0.15) is 12.5 Å². The fourth-order valence-corrected chi connectivity index (χ4v) is 2.26. The molecular weight excluding hydrogens is 278 g/mol. The molecule has 0 fully saturated rings. The van der Waals surface area contributed by atoms with Gasteiger partial charge in [-0.05, 0) is 25.1 Å². The van der Waals surface area contributed by atoms with E-state index >= 15 is 0 Å². The predicted molar refractivity (Wildman–Crippen MR) is 80.0 cm³/mol. The van der Waals surface area contributed by atoms with Gasteiger partial charge in [-0.3, -0.25) is 4.79 Å². The van der Waals surface area contributed by atoms with Gasteiger partial charge in [-0.1, -0.05) is 11.6 Å². The van der Waals surface area contributed by atoms with Gasteiger partial charge in [0.1, 0.15) is 5.78 Å². The van der Waals surface area contributed by atoms with E-state index in [0.29, 0.717) is 23.8 Å². The number of Topliss-reactive ketones (excluding diaryl/α,β-unsaturated/α-hetero) is 1. The zero-order valence-electron chi connectivity index (χ0n) is 11.7. The Balaban J connectivity index is 2.41. The summed E-state index contributed by atoms with van der Waals surface area (Å²) in [6.07, 6.45) is 0. The number of nitrogens with zero attached hydrogens (tertiary/aromatic N) is 3. The molecule has 20 heavy (non-hydrogen) atoms. The van der Waals surface area contributed by atoms with Crippen LogP contribution in [0.2, 0.25) is 5.02 Å². The number of carbonyl (C=O) groups is 2. The van der Waals surface area contributed by atoms with Crippen LogP contribution in [0.4, 0.5) is 10.5 Å². The second-order valence-corrected chi connectivity index (χ2v) is 5.39. The summed E-state index contributed by atoms with van der Waals surface area (Å²) in [5, 5.41) is 0.582. The average molecular weight is 294 g/mol. The van der Waals surface area contributed by atoms with Crippen LogP contribution in [-0.4, -0.2) is 49.6 Å². The van der Waals surface area contributed by atoms with Crippen LogP contribution < -0.4 is 4.90 Å². The number of carbonyl (C=O) groups excluding carboxylic acids is 2.